The highest BCUT2D eigenvalue weighted by atomic mass is 32.2. The van der Waals surface area contributed by atoms with Crippen LogP contribution in [0.3, 0.4) is 0 Å². The van der Waals surface area contributed by atoms with Crippen LogP contribution >= 0.6 is 24.0 Å². The van der Waals surface area contributed by atoms with E-state index in [1.807, 2.05) is 24.5 Å². The fourth-order valence-electron chi connectivity index (χ4n) is 2.52. The largest absolute Gasteiger partial charge is 0.393 e. The maximum Gasteiger partial charge on any atom is 0.107 e. The molecule has 5 heteroatoms. The van der Waals surface area contributed by atoms with Crippen molar-refractivity contribution < 1.29 is 5.11 Å². The molecule has 3 nitrogen and oxygen atoms in total. The van der Waals surface area contributed by atoms with E-state index >= 15 is 0 Å². The van der Waals surface area contributed by atoms with Gasteiger partial charge in [0.15, 0.2) is 0 Å². The molecular formula is C14H20N2OS2. The Labute approximate surface area is 124 Å². The summed E-state index contributed by atoms with van der Waals surface area (Å²) in [6.45, 7) is 0. The van der Waals surface area contributed by atoms with Gasteiger partial charge in [-0.2, -0.15) is 0 Å². The number of thiocarbonyl (C=S) groups is 1. The number of hydrogen-bond acceptors (Lipinski definition) is 4. The van der Waals surface area contributed by atoms with E-state index in [0.29, 0.717) is 11.0 Å². The zero-order valence-corrected chi connectivity index (χ0v) is 12.7. The van der Waals surface area contributed by atoms with Gasteiger partial charge in [-0.05, 0) is 44.1 Å². The third-order valence-corrected chi connectivity index (χ3v) is 4.53. The van der Waals surface area contributed by atoms with Crippen LogP contribution in [0.2, 0.25) is 0 Å². The topological polar surface area (TPSA) is 58.3 Å². The Morgan fingerprint density at radius 1 is 1.37 bits per heavy atom. The molecule has 1 aromatic rings. The van der Waals surface area contributed by atoms with E-state index in [1.165, 1.54) is 0 Å². The van der Waals surface area contributed by atoms with Gasteiger partial charge in [0.1, 0.15) is 4.99 Å². The Morgan fingerprint density at radius 3 is 2.63 bits per heavy atom. The molecule has 1 saturated carbocycles. The van der Waals surface area contributed by atoms with Crippen molar-refractivity contribution in [2.75, 3.05) is 11.6 Å². The Balaban J connectivity index is 2.17. The lowest BCUT2D eigenvalue weighted by Gasteiger charge is -2.28. The smallest absolute Gasteiger partial charge is 0.107 e. The van der Waals surface area contributed by atoms with Crippen LogP contribution in [0, 0.1) is 0 Å². The predicted molar refractivity (Wildman–Crippen MR) is 86.0 cm³/mol. The van der Waals surface area contributed by atoms with E-state index in [2.05, 4.69) is 5.32 Å². The summed E-state index contributed by atoms with van der Waals surface area (Å²) in [7, 11) is 0. The number of nitrogens with two attached hydrogens (primary N) is 1. The van der Waals surface area contributed by atoms with Gasteiger partial charge in [0.25, 0.3) is 0 Å². The van der Waals surface area contributed by atoms with Gasteiger partial charge in [-0.25, -0.2) is 0 Å². The second-order valence-electron chi connectivity index (χ2n) is 4.90. The second-order valence-corrected chi connectivity index (χ2v) is 6.18. The van der Waals surface area contributed by atoms with Gasteiger partial charge in [0, 0.05) is 22.2 Å². The van der Waals surface area contributed by atoms with Crippen molar-refractivity contribution in [3.05, 3.63) is 23.8 Å². The Hall–Kier alpha value is -0.780. The van der Waals surface area contributed by atoms with E-state index in [4.69, 9.17) is 18.0 Å². The minimum atomic E-state index is -0.134. The summed E-state index contributed by atoms with van der Waals surface area (Å²) in [4.78, 5) is 1.54. The average Bonchev–Trinajstić information content (AvgIpc) is 2.40. The van der Waals surface area contributed by atoms with Crippen molar-refractivity contribution in [2.24, 2.45) is 5.73 Å². The van der Waals surface area contributed by atoms with E-state index in [0.717, 1.165) is 41.8 Å². The minimum Gasteiger partial charge on any atom is -0.393 e. The van der Waals surface area contributed by atoms with Crippen LogP contribution in [0.5, 0.6) is 0 Å². The standard InChI is InChI=1S/C14H20N2OS2/c1-19-12-4-2-3-11(13(12)14(15)18)16-9-5-7-10(17)8-6-9/h2-4,9-10,16-17H,5-8H2,1H3,(H2,15,18). The highest BCUT2D eigenvalue weighted by molar-refractivity contribution is 7.98. The number of hydrogen-bond donors (Lipinski definition) is 3. The molecule has 1 aliphatic carbocycles. The van der Waals surface area contributed by atoms with E-state index in [-0.39, 0.29) is 6.10 Å². The van der Waals surface area contributed by atoms with Gasteiger partial charge < -0.3 is 16.2 Å². The minimum absolute atomic E-state index is 0.134. The van der Waals surface area contributed by atoms with Crippen LogP contribution in [0.25, 0.3) is 0 Å². The summed E-state index contributed by atoms with van der Waals surface area (Å²) in [5.74, 6) is 0. The lowest BCUT2D eigenvalue weighted by atomic mass is 9.93. The first-order chi connectivity index (χ1) is 9.11. The molecule has 0 bridgehead atoms. The fourth-order valence-corrected chi connectivity index (χ4v) is 3.44. The van der Waals surface area contributed by atoms with Gasteiger partial charge in [0.2, 0.25) is 0 Å². The van der Waals surface area contributed by atoms with Gasteiger partial charge in [-0.3, -0.25) is 0 Å². The Bertz CT molecular complexity index is 457. The summed E-state index contributed by atoms with van der Waals surface area (Å²) < 4.78 is 0. The molecule has 2 rings (SSSR count). The molecule has 0 heterocycles. The Morgan fingerprint density at radius 2 is 2.05 bits per heavy atom. The van der Waals surface area contributed by atoms with Crippen LogP contribution in [0.15, 0.2) is 23.1 Å². The van der Waals surface area contributed by atoms with Crippen molar-refractivity contribution in [2.45, 2.75) is 42.7 Å². The maximum absolute atomic E-state index is 9.55. The van der Waals surface area contributed by atoms with Crippen LogP contribution < -0.4 is 11.1 Å². The highest BCUT2D eigenvalue weighted by Crippen LogP contribution is 2.29. The number of thioether (sulfide) groups is 1. The molecule has 1 aliphatic rings. The van der Waals surface area contributed by atoms with Crippen LogP contribution in [0.1, 0.15) is 31.2 Å². The molecule has 4 N–H and O–H groups in total. The SMILES string of the molecule is CSc1cccc(NC2CCC(O)CC2)c1C(N)=S. The van der Waals surface area contributed by atoms with E-state index in [1.54, 1.807) is 11.8 Å². The number of aliphatic hydroxyl groups is 1. The highest BCUT2D eigenvalue weighted by Gasteiger charge is 2.20. The van der Waals surface area contributed by atoms with Crippen LogP contribution in [-0.4, -0.2) is 28.5 Å². The normalized spacial score (nSPS) is 23.1. The summed E-state index contributed by atoms with van der Waals surface area (Å²) in [5.41, 5.74) is 7.81. The molecule has 0 atom stereocenters. The number of anilines is 1. The molecule has 0 saturated heterocycles. The zero-order valence-electron chi connectivity index (χ0n) is 11.1. The number of rotatable bonds is 4. The van der Waals surface area contributed by atoms with Gasteiger partial charge in [-0.15, -0.1) is 11.8 Å². The summed E-state index contributed by atoms with van der Waals surface area (Å²) in [6.07, 6.45) is 5.59. The predicted octanol–water partition coefficient (Wildman–Crippen LogP) is 2.76. The van der Waals surface area contributed by atoms with Crippen molar-refractivity contribution in [3.8, 4) is 0 Å². The van der Waals surface area contributed by atoms with Gasteiger partial charge >= 0.3 is 0 Å². The van der Waals surface area contributed by atoms with Crippen molar-refractivity contribution >= 4 is 34.7 Å². The van der Waals surface area contributed by atoms with Crippen molar-refractivity contribution in [1.29, 1.82) is 0 Å². The van der Waals surface area contributed by atoms with Crippen molar-refractivity contribution in [1.82, 2.24) is 0 Å². The lowest BCUT2D eigenvalue weighted by Crippen LogP contribution is -2.29. The molecular weight excluding hydrogens is 276 g/mol. The monoisotopic (exact) mass is 296 g/mol. The van der Waals surface area contributed by atoms with Crippen LogP contribution in [0.4, 0.5) is 5.69 Å². The summed E-state index contributed by atoms with van der Waals surface area (Å²) >= 11 is 6.83. The molecule has 0 amide bonds. The quantitative estimate of drug-likeness (QED) is 0.589. The van der Waals surface area contributed by atoms with E-state index < -0.39 is 0 Å². The van der Waals surface area contributed by atoms with Gasteiger partial charge in [-0.1, -0.05) is 18.3 Å². The van der Waals surface area contributed by atoms with Crippen molar-refractivity contribution in [3.63, 3.8) is 0 Å². The summed E-state index contributed by atoms with van der Waals surface area (Å²) in [5, 5.41) is 13.1. The molecule has 104 valence electrons. The maximum atomic E-state index is 9.55. The molecule has 0 spiro atoms. The third-order valence-electron chi connectivity index (χ3n) is 3.55. The molecule has 1 aromatic carbocycles. The molecule has 19 heavy (non-hydrogen) atoms. The van der Waals surface area contributed by atoms with Gasteiger partial charge in [0.05, 0.1) is 6.10 Å². The number of benzene rings is 1. The number of aliphatic hydroxyl groups excluding tert-OH is 1. The average molecular weight is 296 g/mol. The van der Waals surface area contributed by atoms with Crippen LogP contribution in [-0.2, 0) is 0 Å². The lowest BCUT2D eigenvalue weighted by molar-refractivity contribution is 0.126. The molecule has 0 radical (unpaired) electrons. The Kier molecular flexibility index (Phi) is 5.07. The second kappa shape index (κ2) is 6.59. The first-order valence-corrected chi connectivity index (χ1v) is 8.16. The molecule has 0 aliphatic heterocycles. The molecule has 1 fully saturated rings. The first-order valence-electron chi connectivity index (χ1n) is 6.53. The first kappa shape index (κ1) is 14.6. The summed E-state index contributed by atoms with van der Waals surface area (Å²) in [6, 6.07) is 6.48. The molecule has 0 unspecified atom stereocenters. The molecule has 0 aromatic heterocycles. The van der Waals surface area contributed by atoms with E-state index in [9.17, 15) is 5.11 Å². The zero-order chi connectivity index (χ0) is 13.8. The fraction of sp³-hybridized carbons (Fsp3) is 0.500. The number of nitrogens with one attached hydrogen (secondary N) is 1. The third kappa shape index (κ3) is 3.61.